The van der Waals surface area contributed by atoms with Crippen LogP contribution in [0.4, 0.5) is 0 Å². The number of hydrogen-bond donors (Lipinski definition) is 0. The van der Waals surface area contributed by atoms with E-state index in [9.17, 15) is 9.59 Å². The molecular weight excluding hydrogens is 334 g/mol. The van der Waals surface area contributed by atoms with Crippen LogP contribution in [0.15, 0.2) is 18.2 Å². The third-order valence-corrected chi connectivity index (χ3v) is 5.27. The van der Waals surface area contributed by atoms with Crippen molar-refractivity contribution in [1.82, 2.24) is 14.7 Å². The molecule has 0 N–H and O–H groups in total. The Hall–Kier alpha value is -2.28. The maximum absolute atomic E-state index is 12.5. The van der Waals surface area contributed by atoms with Crippen LogP contribution in [0, 0.1) is 0 Å². The summed E-state index contributed by atoms with van der Waals surface area (Å²) in [6.07, 6.45) is 2.05. The van der Waals surface area contributed by atoms with Crippen LogP contribution < -0.4 is 9.47 Å². The molecule has 26 heavy (non-hydrogen) atoms. The summed E-state index contributed by atoms with van der Waals surface area (Å²) in [5, 5.41) is 0. The number of hydrogen-bond acceptors (Lipinski definition) is 5. The van der Waals surface area contributed by atoms with Gasteiger partial charge in [0.2, 0.25) is 18.6 Å². The lowest BCUT2D eigenvalue weighted by Gasteiger charge is -2.35. The molecule has 0 aromatic heterocycles. The summed E-state index contributed by atoms with van der Waals surface area (Å²) >= 11 is 0. The molecule has 0 unspecified atom stereocenters. The van der Waals surface area contributed by atoms with Crippen LogP contribution in [0.1, 0.15) is 25.3 Å². The number of rotatable bonds is 5. The summed E-state index contributed by atoms with van der Waals surface area (Å²) in [6, 6.07) is 6.32. The summed E-state index contributed by atoms with van der Waals surface area (Å²) in [5.74, 6) is 1.67. The van der Waals surface area contributed by atoms with Crippen molar-refractivity contribution >= 4 is 11.8 Å². The van der Waals surface area contributed by atoms with Gasteiger partial charge in [0, 0.05) is 45.7 Å². The average Bonchev–Trinajstić information content (AvgIpc) is 3.36. The molecule has 1 aromatic rings. The van der Waals surface area contributed by atoms with Crippen LogP contribution in [-0.2, 0) is 16.1 Å². The molecule has 7 heteroatoms. The van der Waals surface area contributed by atoms with Gasteiger partial charge in [0.25, 0.3) is 0 Å². The van der Waals surface area contributed by atoms with Crippen molar-refractivity contribution in [2.45, 2.75) is 32.4 Å². The summed E-state index contributed by atoms with van der Waals surface area (Å²) in [7, 11) is 0. The van der Waals surface area contributed by atoms with Crippen LogP contribution >= 0.6 is 0 Å². The van der Waals surface area contributed by atoms with Crippen molar-refractivity contribution < 1.29 is 19.1 Å². The molecule has 4 rings (SSSR count). The number of ether oxygens (including phenoxy) is 2. The van der Waals surface area contributed by atoms with Crippen molar-refractivity contribution in [1.29, 1.82) is 0 Å². The molecule has 1 aromatic carbocycles. The second-order valence-electron chi connectivity index (χ2n) is 7.22. The fourth-order valence-electron chi connectivity index (χ4n) is 3.58. The van der Waals surface area contributed by atoms with E-state index in [1.165, 1.54) is 5.56 Å². The Bertz CT molecular complexity index is 696. The van der Waals surface area contributed by atoms with E-state index < -0.39 is 0 Å². The van der Waals surface area contributed by atoms with Gasteiger partial charge in [-0.1, -0.05) is 6.07 Å². The number of piperazine rings is 1. The Labute approximate surface area is 153 Å². The zero-order valence-corrected chi connectivity index (χ0v) is 15.1. The molecule has 140 valence electrons. The molecule has 0 bridgehead atoms. The van der Waals surface area contributed by atoms with Crippen molar-refractivity contribution in [2.75, 3.05) is 39.5 Å². The number of benzene rings is 1. The van der Waals surface area contributed by atoms with E-state index in [-0.39, 0.29) is 31.2 Å². The largest absolute Gasteiger partial charge is 0.454 e. The van der Waals surface area contributed by atoms with E-state index in [2.05, 4.69) is 11.0 Å². The van der Waals surface area contributed by atoms with Gasteiger partial charge in [-0.2, -0.15) is 0 Å². The summed E-state index contributed by atoms with van der Waals surface area (Å²) in [4.78, 5) is 30.2. The minimum absolute atomic E-state index is 0.00212. The van der Waals surface area contributed by atoms with Crippen LogP contribution in [0.25, 0.3) is 0 Å². The second-order valence-corrected chi connectivity index (χ2v) is 7.22. The quantitative estimate of drug-likeness (QED) is 0.787. The third-order valence-electron chi connectivity index (χ3n) is 5.27. The van der Waals surface area contributed by atoms with E-state index in [0.29, 0.717) is 13.1 Å². The van der Waals surface area contributed by atoms with Gasteiger partial charge in [-0.15, -0.1) is 0 Å². The molecule has 1 saturated carbocycles. The third kappa shape index (κ3) is 3.77. The van der Waals surface area contributed by atoms with Gasteiger partial charge in [-0.3, -0.25) is 14.5 Å². The highest BCUT2D eigenvalue weighted by Crippen LogP contribution is 2.33. The maximum Gasteiger partial charge on any atom is 0.242 e. The number of carbonyl (C=O) groups excluding carboxylic acids is 2. The van der Waals surface area contributed by atoms with Crippen molar-refractivity contribution in [3.63, 3.8) is 0 Å². The van der Waals surface area contributed by atoms with Gasteiger partial charge in [0.1, 0.15) is 0 Å². The first-order chi connectivity index (χ1) is 12.6. The number of fused-ring (bicyclic) bond motifs is 1. The molecule has 0 radical (unpaired) electrons. The van der Waals surface area contributed by atoms with Crippen molar-refractivity contribution in [3.8, 4) is 11.5 Å². The molecule has 3 aliphatic rings. The predicted molar refractivity (Wildman–Crippen MR) is 94.8 cm³/mol. The van der Waals surface area contributed by atoms with Crippen molar-refractivity contribution in [2.24, 2.45) is 0 Å². The fourth-order valence-corrected chi connectivity index (χ4v) is 3.58. The van der Waals surface area contributed by atoms with E-state index in [0.717, 1.165) is 44.0 Å². The first-order valence-corrected chi connectivity index (χ1v) is 9.26. The van der Waals surface area contributed by atoms with E-state index in [4.69, 9.17) is 9.47 Å². The number of amides is 2. The maximum atomic E-state index is 12.5. The molecule has 7 nitrogen and oxygen atoms in total. The lowest BCUT2D eigenvalue weighted by molar-refractivity contribution is -0.141. The molecule has 1 aliphatic carbocycles. The van der Waals surface area contributed by atoms with Gasteiger partial charge < -0.3 is 19.3 Å². The smallest absolute Gasteiger partial charge is 0.242 e. The van der Waals surface area contributed by atoms with Crippen LogP contribution in [-0.4, -0.2) is 72.1 Å². The monoisotopic (exact) mass is 359 g/mol. The zero-order chi connectivity index (χ0) is 18.1. The lowest BCUT2D eigenvalue weighted by atomic mass is 10.1. The molecular formula is C19H25N3O4. The Balaban J connectivity index is 1.27. The minimum atomic E-state index is 0.00212. The van der Waals surface area contributed by atoms with Crippen LogP contribution in [0.2, 0.25) is 0 Å². The highest BCUT2D eigenvalue weighted by Gasteiger charge is 2.33. The fraction of sp³-hybridized carbons (Fsp3) is 0.579. The topological polar surface area (TPSA) is 62.3 Å². The van der Waals surface area contributed by atoms with Crippen molar-refractivity contribution in [3.05, 3.63) is 23.8 Å². The van der Waals surface area contributed by atoms with Gasteiger partial charge in [-0.05, 0) is 30.5 Å². The summed E-state index contributed by atoms with van der Waals surface area (Å²) < 4.78 is 10.8. The summed E-state index contributed by atoms with van der Waals surface area (Å²) in [6.45, 7) is 5.99. The normalized spacial score (nSPS) is 19.5. The first kappa shape index (κ1) is 17.1. The zero-order valence-electron chi connectivity index (χ0n) is 15.1. The molecule has 2 aliphatic heterocycles. The van der Waals surface area contributed by atoms with Gasteiger partial charge in [0.15, 0.2) is 11.5 Å². The lowest BCUT2D eigenvalue weighted by Crippen LogP contribution is -2.51. The molecule has 0 spiro atoms. The highest BCUT2D eigenvalue weighted by atomic mass is 16.7. The molecule has 2 amide bonds. The Morgan fingerprint density at radius 3 is 2.54 bits per heavy atom. The Morgan fingerprint density at radius 2 is 1.85 bits per heavy atom. The van der Waals surface area contributed by atoms with Gasteiger partial charge in [0.05, 0.1) is 6.54 Å². The van der Waals surface area contributed by atoms with E-state index >= 15 is 0 Å². The predicted octanol–water partition coefficient (Wildman–Crippen LogP) is 1.07. The SMILES string of the molecule is CC(=O)N(CC(=O)N1CCN(Cc2ccc3c(c2)OCO3)CC1)C1CC1. The Morgan fingerprint density at radius 1 is 1.12 bits per heavy atom. The highest BCUT2D eigenvalue weighted by molar-refractivity contribution is 5.84. The molecule has 1 saturated heterocycles. The van der Waals surface area contributed by atoms with Crippen LogP contribution in [0.5, 0.6) is 11.5 Å². The molecule has 2 heterocycles. The van der Waals surface area contributed by atoms with E-state index in [1.807, 2.05) is 17.0 Å². The number of nitrogens with zero attached hydrogens (tertiary/aromatic N) is 3. The first-order valence-electron chi connectivity index (χ1n) is 9.26. The Kier molecular flexibility index (Phi) is 4.72. The summed E-state index contributed by atoms with van der Waals surface area (Å²) in [5.41, 5.74) is 1.19. The minimum Gasteiger partial charge on any atom is -0.454 e. The average molecular weight is 359 g/mol. The van der Waals surface area contributed by atoms with E-state index in [1.54, 1.807) is 11.8 Å². The molecule has 2 fully saturated rings. The van der Waals surface area contributed by atoms with Gasteiger partial charge >= 0.3 is 0 Å². The standard InChI is InChI=1S/C19H25N3O4/c1-14(23)22(16-3-4-16)12-19(24)21-8-6-20(7-9-21)11-15-2-5-17-18(10-15)26-13-25-17/h2,5,10,16H,3-4,6-9,11-13H2,1H3. The molecule has 0 atom stereocenters. The van der Waals surface area contributed by atoms with Crippen LogP contribution in [0.3, 0.4) is 0 Å². The second kappa shape index (κ2) is 7.15. The van der Waals surface area contributed by atoms with Gasteiger partial charge in [-0.25, -0.2) is 0 Å². The number of carbonyl (C=O) groups is 2.